The lowest BCUT2D eigenvalue weighted by Crippen LogP contribution is -2.32. The molecule has 0 heterocycles. The molecular formula is C11H13FN2O. The molecule has 0 aliphatic carbocycles. The summed E-state index contributed by atoms with van der Waals surface area (Å²) >= 11 is 0. The van der Waals surface area contributed by atoms with Crippen LogP contribution in [0.1, 0.15) is 6.92 Å². The molecule has 0 saturated carbocycles. The third-order valence-corrected chi connectivity index (χ3v) is 1.84. The molecule has 1 N–H and O–H groups in total. The van der Waals surface area contributed by atoms with Crippen LogP contribution in [0.25, 0.3) is 0 Å². The van der Waals surface area contributed by atoms with Gasteiger partial charge in [-0.25, -0.2) is 4.39 Å². The molecule has 0 fully saturated rings. The van der Waals surface area contributed by atoms with Gasteiger partial charge >= 0.3 is 0 Å². The Labute approximate surface area is 88.5 Å². The topological polar surface area (TPSA) is 45.0 Å². The van der Waals surface area contributed by atoms with E-state index in [-0.39, 0.29) is 18.5 Å². The fourth-order valence-corrected chi connectivity index (χ4v) is 1.10. The second-order valence-electron chi connectivity index (χ2n) is 3.00. The van der Waals surface area contributed by atoms with Gasteiger partial charge in [0.2, 0.25) is 0 Å². The second-order valence-corrected chi connectivity index (χ2v) is 3.00. The molecule has 0 radical (unpaired) electrons. The molecule has 0 aliphatic heterocycles. The number of hydrogen-bond donors (Lipinski definition) is 1. The highest BCUT2D eigenvalue weighted by molar-refractivity contribution is 5.22. The maximum atomic E-state index is 12.6. The van der Waals surface area contributed by atoms with Crippen molar-refractivity contribution < 1.29 is 9.13 Å². The molecule has 0 bridgehead atoms. The van der Waals surface area contributed by atoms with Crippen molar-refractivity contribution in [3.05, 3.63) is 30.1 Å². The van der Waals surface area contributed by atoms with Crippen LogP contribution < -0.4 is 10.1 Å². The first-order valence-electron chi connectivity index (χ1n) is 4.77. The number of nitrogens with zero attached hydrogens (tertiary/aromatic N) is 1. The first-order chi connectivity index (χ1) is 7.26. The van der Waals surface area contributed by atoms with Crippen molar-refractivity contribution in [1.29, 1.82) is 5.26 Å². The number of nitriles is 1. The fourth-order valence-electron chi connectivity index (χ4n) is 1.10. The molecule has 15 heavy (non-hydrogen) atoms. The number of rotatable bonds is 5. The Morgan fingerprint density at radius 2 is 2.13 bits per heavy atom. The molecule has 0 aliphatic rings. The van der Waals surface area contributed by atoms with Gasteiger partial charge < -0.3 is 4.74 Å². The zero-order valence-corrected chi connectivity index (χ0v) is 8.53. The molecule has 0 saturated heterocycles. The molecule has 0 aromatic heterocycles. The molecular weight excluding hydrogens is 195 g/mol. The summed E-state index contributed by atoms with van der Waals surface area (Å²) in [6.45, 7) is 2.89. The molecule has 1 aromatic rings. The van der Waals surface area contributed by atoms with E-state index in [0.29, 0.717) is 12.3 Å². The SMILES string of the molecule is CCNC(C#N)COc1ccc(F)cc1. The standard InChI is InChI=1S/C11H13FN2O/c1-2-14-10(7-13)8-15-11-5-3-9(12)4-6-11/h3-6,10,14H,2,8H2,1H3. The maximum absolute atomic E-state index is 12.6. The summed E-state index contributed by atoms with van der Waals surface area (Å²) in [5.74, 6) is 0.264. The maximum Gasteiger partial charge on any atom is 0.130 e. The normalized spacial score (nSPS) is 11.8. The van der Waals surface area contributed by atoms with Crippen LogP contribution in [0, 0.1) is 17.1 Å². The highest BCUT2D eigenvalue weighted by atomic mass is 19.1. The zero-order chi connectivity index (χ0) is 11.1. The number of likely N-dealkylation sites (N-methyl/N-ethyl adjacent to an activating group) is 1. The van der Waals surface area contributed by atoms with E-state index < -0.39 is 0 Å². The predicted octanol–water partition coefficient (Wildman–Crippen LogP) is 1.71. The molecule has 3 nitrogen and oxygen atoms in total. The van der Waals surface area contributed by atoms with Gasteiger partial charge in [-0.2, -0.15) is 5.26 Å². The van der Waals surface area contributed by atoms with Crippen LogP contribution in [0.2, 0.25) is 0 Å². The quantitative estimate of drug-likeness (QED) is 0.801. The summed E-state index contributed by atoms with van der Waals surface area (Å²) in [5, 5.41) is 11.7. The number of benzene rings is 1. The van der Waals surface area contributed by atoms with Gasteiger partial charge in [0.25, 0.3) is 0 Å². The first kappa shape index (κ1) is 11.5. The summed E-state index contributed by atoms with van der Waals surface area (Å²) in [6.07, 6.45) is 0. The van der Waals surface area contributed by atoms with E-state index >= 15 is 0 Å². The summed E-state index contributed by atoms with van der Waals surface area (Å²) in [7, 11) is 0. The Hall–Kier alpha value is -1.60. The number of hydrogen-bond acceptors (Lipinski definition) is 3. The van der Waals surface area contributed by atoms with Crippen LogP contribution in [0.4, 0.5) is 4.39 Å². The highest BCUT2D eigenvalue weighted by Gasteiger charge is 2.05. The van der Waals surface area contributed by atoms with Gasteiger partial charge in [-0.1, -0.05) is 6.92 Å². The van der Waals surface area contributed by atoms with Crippen LogP contribution >= 0.6 is 0 Å². The van der Waals surface area contributed by atoms with Gasteiger partial charge in [-0.15, -0.1) is 0 Å². The molecule has 1 rings (SSSR count). The number of ether oxygens (including phenoxy) is 1. The van der Waals surface area contributed by atoms with Gasteiger partial charge in [-0.3, -0.25) is 5.32 Å². The minimum Gasteiger partial charge on any atom is -0.491 e. The summed E-state index contributed by atoms with van der Waals surface area (Å²) in [6, 6.07) is 7.46. The van der Waals surface area contributed by atoms with Crippen LogP contribution in [-0.4, -0.2) is 19.2 Å². The Morgan fingerprint density at radius 3 is 2.67 bits per heavy atom. The van der Waals surface area contributed by atoms with Crippen molar-refractivity contribution in [2.24, 2.45) is 0 Å². The second kappa shape index (κ2) is 5.99. The van der Waals surface area contributed by atoms with Crippen molar-refractivity contribution in [3.63, 3.8) is 0 Å². The highest BCUT2D eigenvalue weighted by Crippen LogP contribution is 2.10. The van der Waals surface area contributed by atoms with E-state index in [9.17, 15) is 4.39 Å². The van der Waals surface area contributed by atoms with Crippen LogP contribution in [0.5, 0.6) is 5.75 Å². The van der Waals surface area contributed by atoms with E-state index in [1.165, 1.54) is 24.3 Å². The van der Waals surface area contributed by atoms with Gasteiger partial charge in [0.15, 0.2) is 0 Å². The minimum atomic E-state index is -0.333. The summed E-state index contributed by atoms with van der Waals surface area (Å²) < 4.78 is 17.9. The monoisotopic (exact) mass is 208 g/mol. The lowest BCUT2D eigenvalue weighted by molar-refractivity contribution is 0.290. The third-order valence-electron chi connectivity index (χ3n) is 1.84. The van der Waals surface area contributed by atoms with Crippen LogP contribution in [0.3, 0.4) is 0 Å². The number of halogens is 1. The Bertz CT molecular complexity index is 331. The minimum absolute atomic E-state index is 0.260. The van der Waals surface area contributed by atoms with Crippen LogP contribution in [0.15, 0.2) is 24.3 Å². The molecule has 1 unspecified atom stereocenters. The van der Waals surface area contributed by atoms with Crippen molar-refractivity contribution in [2.45, 2.75) is 13.0 Å². The van der Waals surface area contributed by atoms with E-state index in [1.807, 2.05) is 6.92 Å². The van der Waals surface area contributed by atoms with Crippen molar-refractivity contribution in [1.82, 2.24) is 5.32 Å². The van der Waals surface area contributed by atoms with E-state index in [2.05, 4.69) is 11.4 Å². The van der Waals surface area contributed by atoms with E-state index in [4.69, 9.17) is 10.00 Å². The van der Waals surface area contributed by atoms with Gasteiger partial charge in [0, 0.05) is 0 Å². The average Bonchev–Trinajstić information content (AvgIpc) is 2.26. The Morgan fingerprint density at radius 1 is 1.47 bits per heavy atom. The molecule has 4 heteroatoms. The summed E-state index contributed by atoms with van der Waals surface area (Å²) in [4.78, 5) is 0. The molecule has 1 atom stereocenters. The molecule has 1 aromatic carbocycles. The smallest absolute Gasteiger partial charge is 0.130 e. The Balaban J connectivity index is 2.42. The lowest BCUT2D eigenvalue weighted by atomic mass is 10.3. The molecule has 0 spiro atoms. The van der Waals surface area contributed by atoms with E-state index in [1.54, 1.807) is 0 Å². The first-order valence-corrected chi connectivity index (χ1v) is 4.77. The summed E-state index contributed by atoms with van der Waals surface area (Å²) in [5.41, 5.74) is 0. The van der Waals surface area contributed by atoms with E-state index in [0.717, 1.165) is 0 Å². The fraction of sp³-hybridized carbons (Fsp3) is 0.364. The average molecular weight is 208 g/mol. The van der Waals surface area contributed by atoms with Crippen LogP contribution in [-0.2, 0) is 0 Å². The van der Waals surface area contributed by atoms with Crippen molar-refractivity contribution in [2.75, 3.05) is 13.2 Å². The Kier molecular flexibility index (Phi) is 4.58. The van der Waals surface area contributed by atoms with Crippen molar-refractivity contribution >= 4 is 0 Å². The number of nitrogens with one attached hydrogen (secondary N) is 1. The van der Waals surface area contributed by atoms with Gasteiger partial charge in [-0.05, 0) is 30.8 Å². The molecule has 0 amide bonds. The van der Waals surface area contributed by atoms with Gasteiger partial charge in [0.05, 0.1) is 6.07 Å². The lowest BCUT2D eigenvalue weighted by Gasteiger charge is -2.11. The van der Waals surface area contributed by atoms with Gasteiger partial charge in [0.1, 0.15) is 24.2 Å². The zero-order valence-electron chi connectivity index (χ0n) is 8.53. The third kappa shape index (κ3) is 3.96. The largest absolute Gasteiger partial charge is 0.491 e. The van der Waals surface area contributed by atoms with Crippen molar-refractivity contribution in [3.8, 4) is 11.8 Å². The predicted molar refractivity (Wildman–Crippen MR) is 55.0 cm³/mol. The molecule has 80 valence electrons.